The highest BCUT2D eigenvalue weighted by Crippen LogP contribution is 2.50. The van der Waals surface area contributed by atoms with E-state index in [0.717, 1.165) is 61.2 Å². The Morgan fingerprint density at radius 2 is 2.00 bits per heavy atom. The Hall–Kier alpha value is -3.67. The molecule has 1 saturated carbocycles. The number of aryl methyl sites for hydroxylation is 1. The van der Waals surface area contributed by atoms with Gasteiger partial charge in [-0.2, -0.15) is 5.26 Å². The van der Waals surface area contributed by atoms with E-state index in [2.05, 4.69) is 23.1 Å². The SMILES string of the molecule is CCOC(=O)CCc1cnc(CN2CCC(c3cccc4c3O[C@@](C)(c3ccc(Cl)cc3F)O4)CC2)c(CC2(C#N)CC2)c1. The molecule has 3 heterocycles. The van der Waals surface area contributed by atoms with Crippen LogP contribution in [0.4, 0.5) is 4.39 Å². The van der Waals surface area contributed by atoms with Gasteiger partial charge in [-0.25, -0.2) is 4.39 Å². The van der Waals surface area contributed by atoms with Gasteiger partial charge in [0.05, 0.1) is 29.3 Å². The maximum absolute atomic E-state index is 14.8. The number of piperidine rings is 1. The average molecular weight is 618 g/mol. The summed E-state index contributed by atoms with van der Waals surface area (Å²) in [5.74, 6) is -0.389. The minimum Gasteiger partial charge on any atom is -0.466 e. The number of aromatic nitrogens is 1. The summed E-state index contributed by atoms with van der Waals surface area (Å²) in [6.07, 6.45) is 7.13. The molecule has 0 radical (unpaired) electrons. The molecule has 0 unspecified atom stereocenters. The molecule has 3 aliphatic rings. The van der Waals surface area contributed by atoms with Crippen molar-refractivity contribution >= 4 is 17.6 Å². The number of nitriles is 1. The molecule has 9 heteroatoms. The highest BCUT2D eigenvalue weighted by Gasteiger charge is 2.44. The van der Waals surface area contributed by atoms with Crippen LogP contribution < -0.4 is 9.47 Å². The van der Waals surface area contributed by atoms with Gasteiger partial charge in [0.1, 0.15) is 5.82 Å². The second-order valence-electron chi connectivity index (χ2n) is 12.3. The van der Waals surface area contributed by atoms with Crippen LogP contribution in [0.5, 0.6) is 11.5 Å². The van der Waals surface area contributed by atoms with Crippen LogP contribution in [0.15, 0.2) is 48.7 Å². The average Bonchev–Trinajstić information content (AvgIpc) is 3.69. The molecular weight excluding hydrogens is 581 g/mol. The molecule has 1 saturated heterocycles. The molecular formula is C35H37ClFN3O4. The molecule has 0 bridgehead atoms. The third kappa shape index (κ3) is 6.40. The number of para-hydroxylation sites is 1. The van der Waals surface area contributed by atoms with E-state index in [1.165, 1.54) is 6.07 Å². The van der Waals surface area contributed by atoms with E-state index in [1.807, 2.05) is 25.3 Å². The number of ether oxygens (including phenoxy) is 3. The number of hydrogen-bond donors (Lipinski definition) is 0. The maximum Gasteiger partial charge on any atom is 0.306 e. The van der Waals surface area contributed by atoms with Crippen molar-refractivity contribution in [3.8, 4) is 17.6 Å². The zero-order chi connectivity index (χ0) is 30.9. The molecule has 1 aliphatic carbocycles. The van der Waals surface area contributed by atoms with Gasteiger partial charge in [-0.05, 0) is 99.8 Å². The minimum absolute atomic E-state index is 0.209. The molecule has 6 rings (SSSR count). The number of esters is 1. The lowest BCUT2D eigenvalue weighted by molar-refractivity contribution is -0.143. The van der Waals surface area contributed by atoms with Gasteiger partial charge in [0, 0.05) is 36.7 Å². The van der Waals surface area contributed by atoms with E-state index in [-0.39, 0.29) is 17.3 Å². The lowest BCUT2D eigenvalue weighted by atomic mass is 9.88. The third-order valence-electron chi connectivity index (χ3n) is 9.09. The van der Waals surface area contributed by atoms with Crippen LogP contribution in [0.25, 0.3) is 0 Å². The standard InChI is InChI=1S/C35H37ClFN3O4/c1-3-42-32(41)10-7-23-17-25(19-35(22-38)13-14-35)30(39-20-23)21-40-15-11-24(12-16-40)27-5-4-6-31-33(27)44-34(2,43-31)28-9-8-26(36)18-29(28)37/h4-6,8-9,17-18,20,24H,3,7,10-16,19,21H2,1-2H3/t34-/m0/s1. The summed E-state index contributed by atoms with van der Waals surface area (Å²) in [4.78, 5) is 19.2. The van der Waals surface area contributed by atoms with Gasteiger partial charge >= 0.3 is 5.97 Å². The predicted molar refractivity (Wildman–Crippen MR) is 164 cm³/mol. The molecule has 2 aromatic carbocycles. The van der Waals surface area contributed by atoms with Crippen molar-refractivity contribution in [2.75, 3.05) is 19.7 Å². The summed E-state index contributed by atoms with van der Waals surface area (Å²) < 4.78 is 32.5. The van der Waals surface area contributed by atoms with Crippen molar-refractivity contribution in [3.05, 3.63) is 87.4 Å². The summed E-state index contributed by atoms with van der Waals surface area (Å²) in [6, 6.07) is 15.1. The molecule has 7 nitrogen and oxygen atoms in total. The number of nitrogens with zero attached hydrogens (tertiary/aromatic N) is 3. The van der Waals surface area contributed by atoms with Gasteiger partial charge in [0.25, 0.3) is 5.79 Å². The van der Waals surface area contributed by atoms with E-state index >= 15 is 0 Å². The number of halogens is 2. The van der Waals surface area contributed by atoms with Crippen LogP contribution in [0, 0.1) is 22.6 Å². The summed E-state index contributed by atoms with van der Waals surface area (Å²) >= 11 is 5.98. The van der Waals surface area contributed by atoms with Gasteiger partial charge in [-0.3, -0.25) is 14.7 Å². The number of hydrogen-bond acceptors (Lipinski definition) is 7. The number of carbonyl (C=O) groups is 1. The Bertz CT molecular complexity index is 1600. The Morgan fingerprint density at radius 3 is 2.70 bits per heavy atom. The van der Waals surface area contributed by atoms with Gasteiger partial charge in [0.2, 0.25) is 0 Å². The second-order valence-corrected chi connectivity index (χ2v) is 12.8. The van der Waals surface area contributed by atoms with Gasteiger partial charge in [-0.1, -0.05) is 29.8 Å². The van der Waals surface area contributed by atoms with Crippen LogP contribution in [-0.4, -0.2) is 35.5 Å². The van der Waals surface area contributed by atoms with Crippen LogP contribution in [-0.2, 0) is 34.7 Å². The van der Waals surface area contributed by atoms with E-state index in [4.69, 9.17) is 30.8 Å². The second kappa shape index (κ2) is 12.4. The Kier molecular flexibility index (Phi) is 8.54. The number of carbonyl (C=O) groups excluding carboxylic acids is 1. The Labute approximate surface area is 262 Å². The third-order valence-corrected chi connectivity index (χ3v) is 9.33. The largest absolute Gasteiger partial charge is 0.466 e. The first-order valence-corrected chi connectivity index (χ1v) is 15.8. The first kappa shape index (κ1) is 30.4. The predicted octanol–water partition coefficient (Wildman–Crippen LogP) is 7.24. The van der Waals surface area contributed by atoms with Crippen LogP contribution in [0.2, 0.25) is 5.02 Å². The highest BCUT2D eigenvalue weighted by atomic mass is 35.5. The van der Waals surface area contributed by atoms with E-state index in [0.29, 0.717) is 54.5 Å². The fourth-order valence-corrected chi connectivity index (χ4v) is 6.55. The van der Waals surface area contributed by atoms with E-state index < -0.39 is 11.6 Å². The molecule has 44 heavy (non-hydrogen) atoms. The summed E-state index contributed by atoms with van der Waals surface area (Å²) in [7, 11) is 0. The lowest BCUT2D eigenvalue weighted by Gasteiger charge is -2.33. The van der Waals surface area contributed by atoms with Crippen molar-refractivity contribution < 1.29 is 23.4 Å². The highest BCUT2D eigenvalue weighted by molar-refractivity contribution is 6.30. The fraction of sp³-hybridized carbons (Fsp3) is 0.457. The van der Waals surface area contributed by atoms with Crippen molar-refractivity contribution in [3.63, 3.8) is 0 Å². The molecule has 2 fully saturated rings. The molecule has 0 N–H and O–H groups in total. The first-order chi connectivity index (χ1) is 21.2. The monoisotopic (exact) mass is 617 g/mol. The molecule has 1 atom stereocenters. The smallest absolute Gasteiger partial charge is 0.306 e. The first-order valence-electron chi connectivity index (χ1n) is 15.4. The summed E-state index contributed by atoms with van der Waals surface area (Å²) in [6.45, 7) is 6.39. The van der Waals surface area contributed by atoms with Crippen molar-refractivity contribution in [1.82, 2.24) is 9.88 Å². The molecule has 0 spiro atoms. The van der Waals surface area contributed by atoms with Crippen LogP contribution in [0.1, 0.15) is 79.8 Å². The fourth-order valence-electron chi connectivity index (χ4n) is 6.39. The molecule has 230 valence electrons. The number of rotatable bonds is 10. The van der Waals surface area contributed by atoms with Crippen LogP contribution in [0.3, 0.4) is 0 Å². The van der Waals surface area contributed by atoms with Crippen molar-refractivity contribution in [1.29, 1.82) is 5.26 Å². The molecule has 0 amide bonds. The van der Waals surface area contributed by atoms with E-state index in [1.54, 1.807) is 19.1 Å². The normalized spacial score (nSPS) is 20.7. The topological polar surface area (TPSA) is 84.7 Å². The number of pyridine rings is 1. The number of benzene rings is 2. The lowest BCUT2D eigenvalue weighted by Crippen LogP contribution is -2.34. The molecule has 1 aromatic heterocycles. The molecule has 3 aromatic rings. The molecule has 2 aliphatic heterocycles. The quantitative estimate of drug-likeness (QED) is 0.222. The summed E-state index contributed by atoms with van der Waals surface area (Å²) in [5.41, 5.74) is 4.20. The van der Waals surface area contributed by atoms with Gasteiger partial charge < -0.3 is 14.2 Å². The van der Waals surface area contributed by atoms with Crippen molar-refractivity contribution in [2.45, 2.75) is 77.0 Å². The van der Waals surface area contributed by atoms with Gasteiger partial charge in [-0.15, -0.1) is 0 Å². The number of likely N-dealkylation sites (tertiary alicyclic amines) is 1. The maximum atomic E-state index is 14.8. The van der Waals surface area contributed by atoms with Crippen LogP contribution >= 0.6 is 11.6 Å². The number of fused-ring (bicyclic) bond motifs is 1. The summed E-state index contributed by atoms with van der Waals surface area (Å²) in [5, 5.41) is 10.1. The Balaban J connectivity index is 1.13. The zero-order valence-electron chi connectivity index (χ0n) is 25.2. The zero-order valence-corrected chi connectivity index (χ0v) is 26.0. The van der Waals surface area contributed by atoms with E-state index in [9.17, 15) is 14.4 Å². The Morgan fingerprint density at radius 1 is 1.20 bits per heavy atom. The van der Waals surface area contributed by atoms with Gasteiger partial charge in [0.15, 0.2) is 11.5 Å². The van der Waals surface area contributed by atoms with Crippen molar-refractivity contribution in [2.24, 2.45) is 5.41 Å². The minimum atomic E-state index is -1.28.